The van der Waals surface area contributed by atoms with Gasteiger partial charge in [-0.1, -0.05) is 32.0 Å². The lowest BCUT2D eigenvalue weighted by molar-refractivity contribution is -0.117. The number of carbonyl (C=O) groups is 1. The molecule has 2 rings (SSSR count). The lowest BCUT2D eigenvalue weighted by Crippen LogP contribution is -2.32. The Hall–Kier alpha value is -1.39. The van der Waals surface area contributed by atoms with Crippen LogP contribution in [0.4, 0.5) is 5.69 Å². The Balaban J connectivity index is 1.99. The largest absolute Gasteiger partial charge is 0.396 e. The molecule has 116 valence electrons. The third-order valence-electron chi connectivity index (χ3n) is 4.26. The van der Waals surface area contributed by atoms with Crippen LogP contribution in [0.2, 0.25) is 0 Å². The number of para-hydroxylation sites is 1. The molecule has 0 aliphatic carbocycles. The molecule has 4 heteroatoms. The number of anilines is 1. The maximum absolute atomic E-state index is 12.3. The predicted molar refractivity (Wildman–Crippen MR) is 85.5 cm³/mol. The number of aryl methyl sites for hydroxylation is 2. The first-order valence-electron chi connectivity index (χ1n) is 7.91. The SMILES string of the molecule is CCc1cccc(CC)c1NC(=O)CN1CCC(CO)C1. The van der Waals surface area contributed by atoms with Crippen molar-refractivity contribution in [2.45, 2.75) is 33.1 Å². The van der Waals surface area contributed by atoms with Gasteiger partial charge in [0, 0.05) is 18.8 Å². The van der Waals surface area contributed by atoms with E-state index in [9.17, 15) is 4.79 Å². The fraction of sp³-hybridized carbons (Fsp3) is 0.588. The number of nitrogens with one attached hydrogen (secondary N) is 1. The number of amides is 1. The fourth-order valence-electron chi connectivity index (χ4n) is 2.99. The van der Waals surface area contributed by atoms with Crippen molar-refractivity contribution in [3.63, 3.8) is 0 Å². The molecule has 1 heterocycles. The van der Waals surface area contributed by atoms with Crippen LogP contribution in [-0.2, 0) is 17.6 Å². The highest BCUT2D eigenvalue weighted by Gasteiger charge is 2.23. The van der Waals surface area contributed by atoms with E-state index in [1.54, 1.807) is 0 Å². The number of carbonyl (C=O) groups excluding carboxylic acids is 1. The predicted octanol–water partition coefficient (Wildman–Crippen LogP) is 2.06. The van der Waals surface area contributed by atoms with Crippen molar-refractivity contribution in [1.82, 2.24) is 4.90 Å². The van der Waals surface area contributed by atoms with E-state index in [2.05, 4.69) is 42.3 Å². The zero-order chi connectivity index (χ0) is 15.2. The second kappa shape index (κ2) is 7.57. The summed E-state index contributed by atoms with van der Waals surface area (Å²) in [6.07, 6.45) is 2.81. The number of aliphatic hydroxyl groups is 1. The maximum atomic E-state index is 12.3. The number of hydrogen-bond donors (Lipinski definition) is 2. The van der Waals surface area contributed by atoms with Gasteiger partial charge in [0.15, 0.2) is 0 Å². The molecule has 21 heavy (non-hydrogen) atoms. The van der Waals surface area contributed by atoms with Gasteiger partial charge in [-0.05, 0) is 42.9 Å². The molecule has 1 aromatic rings. The molecule has 1 unspecified atom stereocenters. The first-order chi connectivity index (χ1) is 10.2. The van der Waals surface area contributed by atoms with Gasteiger partial charge in [0.25, 0.3) is 0 Å². The molecule has 0 aromatic heterocycles. The van der Waals surface area contributed by atoms with Gasteiger partial charge in [-0.2, -0.15) is 0 Å². The van der Waals surface area contributed by atoms with E-state index in [4.69, 9.17) is 5.11 Å². The first kappa shape index (κ1) is 16.0. The van der Waals surface area contributed by atoms with E-state index >= 15 is 0 Å². The molecule has 1 fully saturated rings. The molecular formula is C17H26N2O2. The smallest absolute Gasteiger partial charge is 0.238 e. The van der Waals surface area contributed by atoms with E-state index in [-0.39, 0.29) is 12.5 Å². The van der Waals surface area contributed by atoms with Crippen LogP contribution >= 0.6 is 0 Å². The van der Waals surface area contributed by atoms with Crippen LogP contribution in [0.1, 0.15) is 31.4 Å². The molecule has 0 radical (unpaired) electrons. The van der Waals surface area contributed by atoms with E-state index in [1.807, 2.05) is 0 Å². The van der Waals surface area contributed by atoms with Crippen molar-refractivity contribution in [2.24, 2.45) is 5.92 Å². The average Bonchev–Trinajstić information content (AvgIpc) is 2.94. The minimum Gasteiger partial charge on any atom is -0.396 e. The molecule has 0 bridgehead atoms. The van der Waals surface area contributed by atoms with Crippen LogP contribution in [0.15, 0.2) is 18.2 Å². The van der Waals surface area contributed by atoms with Crippen molar-refractivity contribution in [3.05, 3.63) is 29.3 Å². The second-order valence-corrected chi connectivity index (χ2v) is 5.78. The van der Waals surface area contributed by atoms with Gasteiger partial charge in [0.1, 0.15) is 0 Å². The van der Waals surface area contributed by atoms with Crippen molar-refractivity contribution < 1.29 is 9.90 Å². The third kappa shape index (κ3) is 4.05. The second-order valence-electron chi connectivity index (χ2n) is 5.78. The molecule has 0 spiro atoms. The summed E-state index contributed by atoms with van der Waals surface area (Å²) in [6.45, 7) is 6.57. The van der Waals surface area contributed by atoms with Gasteiger partial charge in [-0.3, -0.25) is 9.69 Å². The Morgan fingerprint density at radius 1 is 1.33 bits per heavy atom. The van der Waals surface area contributed by atoms with Crippen molar-refractivity contribution >= 4 is 11.6 Å². The lowest BCUT2D eigenvalue weighted by atomic mass is 10.0. The molecule has 4 nitrogen and oxygen atoms in total. The molecule has 1 atom stereocenters. The van der Waals surface area contributed by atoms with Gasteiger partial charge in [-0.25, -0.2) is 0 Å². The topological polar surface area (TPSA) is 52.6 Å². The van der Waals surface area contributed by atoms with Crippen LogP contribution in [0, 0.1) is 5.92 Å². The molecule has 0 saturated carbocycles. The number of aliphatic hydroxyl groups excluding tert-OH is 1. The monoisotopic (exact) mass is 290 g/mol. The Labute approximate surface area is 127 Å². The number of rotatable bonds is 6. The van der Waals surface area contributed by atoms with Gasteiger partial charge in [0.05, 0.1) is 6.54 Å². The average molecular weight is 290 g/mol. The van der Waals surface area contributed by atoms with Crippen molar-refractivity contribution in [1.29, 1.82) is 0 Å². The summed E-state index contributed by atoms with van der Waals surface area (Å²) in [5, 5.41) is 12.3. The standard InChI is InChI=1S/C17H26N2O2/c1-3-14-6-5-7-15(4-2)17(14)18-16(21)11-19-9-8-13(10-19)12-20/h5-7,13,20H,3-4,8-12H2,1-2H3,(H,18,21). The Morgan fingerprint density at radius 2 is 2.00 bits per heavy atom. The number of likely N-dealkylation sites (tertiary alicyclic amines) is 1. The zero-order valence-electron chi connectivity index (χ0n) is 13.1. The highest BCUT2D eigenvalue weighted by atomic mass is 16.3. The van der Waals surface area contributed by atoms with E-state index in [0.717, 1.165) is 38.0 Å². The minimum absolute atomic E-state index is 0.0455. The first-order valence-corrected chi connectivity index (χ1v) is 7.91. The quantitative estimate of drug-likeness (QED) is 0.843. The maximum Gasteiger partial charge on any atom is 0.238 e. The summed E-state index contributed by atoms with van der Waals surface area (Å²) >= 11 is 0. The zero-order valence-corrected chi connectivity index (χ0v) is 13.1. The van der Waals surface area contributed by atoms with E-state index in [1.165, 1.54) is 11.1 Å². The summed E-state index contributed by atoms with van der Waals surface area (Å²) in [6, 6.07) is 6.21. The Morgan fingerprint density at radius 3 is 2.52 bits per heavy atom. The van der Waals surface area contributed by atoms with Crippen molar-refractivity contribution in [2.75, 3.05) is 31.6 Å². The molecule has 1 aliphatic heterocycles. The molecule has 1 aromatic carbocycles. The molecule has 2 N–H and O–H groups in total. The molecule has 1 amide bonds. The van der Waals surface area contributed by atoms with Crippen LogP contribution < -0.4 is 5.32 Å². The molecule has 1 aliphatic rings. The van der Waals surface area contributed by atoms with Gasteiger partial charge < -0.3 is 10.4 Å². The van der Waals surface area contributed by atoms with Crippen LogP contribution in [0.25, 0.3) is 0 Å². The summed E-state index contributed by atoms with van der Waals surface area (Å²) in [4.78, 5) is 14.4. The van der Waals surface area contributed by atoms with Gasteiger partial charge >= 0.3 is 0 Å². The van der Waals surface area contributed by atoms with E-state index in [0.29, 0.717) is 12.5 Å². The van der Waals surface area contributed by atoms with Gasteiger partial charge in [-0.15, -0.1) is 0 Å². The van der Waals surface area contributed by atoms with Crippen LogP contribution in [0.5, 0.6) is 0 Å². The molecule has 1 saturated heterocycles. The molecular weight excluding hydrogens is 264 g/mol. The van der Waals surface area contributed by atoms with Crippen molar-refractivity contribution in [3.8, 4) is 0 Å². The minimum atomic E-state index is 0.0455. The Kier molecular flexibility index (Phi) is 5.76. The van der Waals surface area contributed by atoms with Crippen LogP contribution in [-0.4, -0.2) is 42.2 Å². The highest BCUT2D eigenvalue weighted by Crippen LogP contribution is 2.23. The van der Waals surface area contributed by atoms with Crippen LogP contribution in [0.3, 0.4) is 0 Å². The Bertz CT molecular complexity index is 465. The third-order valence-corrected chi connectivity index (χ3v) is 4.26. The summed E-state index contributed by atoms with van der Waals surface area (Å²) in [7, 11) is 0. The number of benzene rings is 1. The normalized spacial score (nSPS) is 18.9. The summed E-state index contributed by atoms with van der Waals surface area (Å²) in [5.74, 6) is 0.371. The number of hydrogen-bond acceptors (Lipinski definition) is 3. The fourth-order valence-corrected chi connectivity index (χ4v) is 2.99. The van der Waals surface area contributed by atoms with Gasteiger partial charge in [0.2, 0.25) is 5.91 Å². The summed E-state index contributed by atoms with van der Waals surface area (Å²) in [5.41, 5.74) is 3.38. The highest BCUT2D eigenvalue weighted by molar-refractivity contribution is 5.93. The van der Waals surface area contributed by atoms with E-state index < -0.39 is 0 Å². The summed E-state index contributed by atoms with van der Waals surface area (Å²) < 4.78 is 0. The lowest BCUT2D eigenvalue weighted by Gasteiger charge is -2.18. The number of nitrogens with zero attached hydrogens (tertiary/aromatic N) is 1.